The van der Waals surface area contributed by atoms with E-state index in [0.29, 0.717) is 28.7 Å². The van der Waals surface area contributed by atoms with Gasteiger partial charge in [0.15, 0.2) is 11.5 Å². The fourth-order valence-electron chi connectivity index (χ4n) is 2.29. The highest BCUT2D eigenvalue weighted by Gasteiger charge is 2.08. The second kappa shape index (κ2) is 10.5. The third kappa shape index (κ3) is 5.77. The van der Waals surface area contributed by atoms with Crippen molar-refractivity contribution < 1.29 is 14.3 Å². The van der Waals surface area contributed by atoms with Crippen LogP contribution in [0, 0.1) is 0 Å². The standard InChI is InChI=1S/C20H23ClN2O3/c1-3-4-7-12-26-18-11-10-15(13-19(18)25-2)14-22-23-20(24)16-8-5-6-9-17(16)21/h5-6,8-11,13-14H,3-4,7,12H2,1-2H3,(H,23,24)/b22-14-. The minimum absolute atomic E-state index is 0.366. The van der Waals surface area contributed by atoms with Crippen molar-refractivity contribution in [2.75, 3.05) is 13.7 Å². The smallest absolute Gasteiger partial charge is 0.272 e. The highest BCUT2D eigenvalue weighted by Crippen LogP contribution is 2.27. The number of hydrogen-bond acceptors (Lipinski definition) is 4. The van der Waals surface area contributed by atoms with Gasteiger partial charge in [0, 0.05) is 0 Å². The third-order valence-corrected chi connectivity index (χ3v) is 4.02. The lowest BCUT2D eigenvalue weighted by atomic mass is 10.2. The molecule has 0 fully saturated rings. The molecule has 0 aromatic heterocycles. The predicted octanol–water partition coefficient (Wildman–Crippen LogP) is 4.68. The number of nitrogens with zero attached hydrogens (tertiary/aromatic N) is 1. The lowest BCUT2D eigenvalue weighted by Crippen LogP contribution is -2.17. The zero-order valence-corrected chi connectivity index (χ0v) is 15.8. The topological polar surface area (TPSA) is 59.9 Å². The fourth-order valence-corrected chi connectivity index (χ4v) is 2.51. The summed E-state index contributed by atoms with van der Waals surface area (Å²) in [6, 6.07) is 12.3. The first kappa shape index (κ1) is 19.8. The molecule has 2 rings (SSSR count). The van der Waals surface area contributed by atoms with Gasteiger partial charge >= 0.3 is 0 Å². The molecule has 138 valence electrons. The molecule has 1 N–H and O–H groups in total. The van der Waals surface area contributed by atoms with E-state index in [1.54, 1.807) is 37.4 Å². The number of ether oxygens (including phenoxy) is 2. The molecule has 0 aliphatic heterocycles. The van der Waals surface area contributed by atoms with Crippen molar-refractivity contribution in [2.45, 2.75) is 26.2 Å². The lowest BCUT2D eigenvalue weighted by molar-refractivity contribution is 0.0955. The SMILES string of the molecule is CCCCCOc1ccc(/C=N\NC(=O)c2ccccc2Cl)cc1OC. The van der Waals surface area contributed by atoms with Crippen molar-refractivity contribution in [3.8, 4) is 11.5 Å². The molecule has 0 radical (unpaired) electrons. The van der Waals surface area contributed by atoms with Gasteiger partial charge in [-0.25, -0.2) is 5.43 Å². The number of carbonyl (C=O) groups excluding carboxylic acids is 1. The van der Waals surface area contributed by atoms with Gasteiger partial charge in [-0.15, -0.1) is 0 Å². The van der Waals surface area contributed by atoms with E-state index in [1.165, 1.54) is 6.21 Å². The summed E-state index contributed by atoms with van der Waals surface area (Å²) in [5.74, 6) is 0.957. The van der Waals surface area contributed by atoms with Crippen molar-refractivity contribution in [1.29, 1.82) is 0 Å². The molecule has 0 saturated carbocycles. The van der Waals surface area contributed by atoms with Crippen LogP contribution in [0.2, 0.25) is 5.02 Å². The summed E-state index contributed by atoms with van der Waals surface area (Å²) in [6.45, 7) is 2.81. The molecule has 0 heterocycles. The van der Waals surface area contributed by atoms with Gasteiger partial charge in [-0.1, -0.05) is 43.5 Å². The number of amides is 1. The molecule has 0 aliphatic carbocycles. The molecular formula is C20H23ClN2O3. The largest absolute Gasteiger partial charge is 0.493 e. The zero-order valence-electron chi connectivity index (χ0n) is 15.0. The monoisotopic (exact) mass is 374 g/mol. The van der Waals surface area contributed by atoms with E-state index in [0.717, 1.165) is 24.8 Å². The second-order valence-corrected chi connectivity index (χ2v) is 6.05. The fraction of sp³-hybridized carbons (Fsp3) is 0.300. The Bertz CT molecular complexity index is 762. The van der Waals surface area contributed by atoms with Gasteiger partial charge in [0.1, 0.15) is 0 Å². The van der Waals surface area contributed by atoms with Gasteiger partial charge in [0.25, 0.3) is 5.91 Å². The number of hydrogen-bond donors (Lipinski definition) is 1. The maximum atomic E-state index is 12.1. The summed E-state index contributed by atoms with van der Waals surface area (Å²) < 4.78 is 11.1. The minimum Gasteiger partial charge on any atom is -0.493 e. The summed E-state index contributed by atoms with van der Waals surface area (Å²) in [7, 11) is 1.59. The Morgan fingerprint density at radius 2 is 2.00 bits per heavy atom. The van der Waals surface area contributed by atoms with E-state index in [1.807, 2.05) is 12.1 Å². The molecule has 0 spiro atoms. The van der Waals surface area contributed by atoms with Crippen molar-refractivity contribution in [3.05, 3.63) is 58.6 Å². The summed E-state index contributed by atoms with van der Waals surface area (Å²) in [6.07, 6.45) is 4.84. The average Bonchev–Trinajstić information content (AvgIpc) is 2.66. The Morgan fingerprint density at radius 1 is 1.19 bits per heavy atom. The van der Waals surface area contributed by atoms with Crippen LogP contribution < -0.4 is 14.9 Å². The molecule has 0 bridgehead atoms. The van der Waals surface area contributed by atoms with Gasteiger partial charge in [-0.3, -0.25) is 4.79 Å². The van der Waals surface area contributed by atoms with E-state index in [2.05, 4.69) is 17.5 Å². The normalized spacial score (nSPS) is 10.7. The van der Waals surface area contributed by atoms with Crippen molar-refractivity contribution in [3.63, 3.8) is 0 Å². The molecule has 5 nitrogen and oxygen atoms in total. The number of benzene rings is 2. The van der Waals surface area contributed by atoms with Gasteiger partial charge in [0.05, 0.1) is 30.5 Å². The molecule has 2 aromatic carbocycles. The molecule has 1 amide bonds. The second-order valence-electron chi connectivity index (χ2n) is 5.64. The van der Waals surface area contributed by atoms with Crippen LogP contribution in [0.1, 0.15) is 42.1 Å². The first-order valence-electron chi connectivity index (χ1n) is 8.54. The quantitative estimate of drug-likeness (QED) is 0.394. The Kier molecular flexibility index (Phi) is 7.96. The van der Waals surface area contributed by atoms with Gasteiger partial charge < -0.3 is 9.47 Å². The molecule has 0 atom stereocenters. The molecule has 0 aliphatic rings. The Balaban J connectivity index is 1.97. The number of hydrazone groups is 1. The van der Waals surface area contributed by atoms with Gasteiger partial charge in [0.2, 0.25) is 0 Å². The molecular weight excluding hydrogens is 352 g/mol. The van der Waals surface area contributed by atoms with Crippen LogP contribution in [0.3, 0.4) is 0 Å². The summed E-state index contributed by atoms with van der Waals surface area (Å²) in [5, 5.41) is 4.35. The van der Waals surface area contributed by atoms with Gasteiger partial charge in [-0.2, -0.15) is 5.10 Å². The van der Waals surface area contributed by atoms with Crippen LogP contribution in [0.15, 0.2) is 47.6 Å². The van der Waals surface area contributed by atoms with Crippen LogP contribution >= 0.6 is 11.6 Å². The van der Waals surface area contributed by atoms with E-state index in [4.69, 9.17) is 21.1 Å². The molecule has 6 heteroatoms. The number of nitrogens with one attached hydrogen (secondary N) is 1. The maximum absolute atomic E-state index is 12.1. The highest BCUT2D eigenvalue weighted by molar-refractivity contribution is 6.33. The predicted molar refractivity (Wildman–Crippen MR) is 105 cm³/mol. The first-order valence-corrected chi connectivity index (χ1v) is 8.92. The van der Waals surface area contributed by atoms with Crippen LogP contribution in [0.25, 0.3) is 0 Å². The molecule has 26 heavy (non-hydrogen) atoms. The van der Waals surface area contributed by atoms with E-state index >= 15 is 0 Å². The van der Waals surface area contributed by atoms with Crippen LogP contribution in [0.4, 0.5) is 0 Å². The van der Waals surface area contributed by atoms with Gasteiger partial charge in [-0.05, 0) is 42.3 Å². The van der Waals surface area contributed by atoms with Crippen LogP contribution in [0.5, 0.6) is 11.5 Å². The highest BCUT2D eigenvalue weighted by atomic mass is 35.5. The zero-order chi connectivity index (χ0) is 18.8. The summed E-state index contributed by atoms with van der Waals surface area (Å²) in [5.41, 5.74) is 3.62. The summed E-state index contributed by atoms with van der Waals surface area (Å²) in [4.78, 5) is 12.1. The van der Waals surface area contributed by atoms with Crippen molar-refractivity contribution in [2.24, 2.45) is 5.10 Å². The number of methoxy groups -OCH3 is 1. The average molecular weight is 375 g/mol. The van der Waals surface area contributed by atoms with E-state index in [9.17, 15) is 4.79 Å². The van der Waals surface area contributed by atoms with Crippen molar-refractivity contribution in [1.82, 2.24) is 5.43 Å². The number of halogens is 1. The minimum atomic E-state index is -0.366. The van der Waals surface area contributed by atoms with Crippen LogP contribution in [-0.4, -0.2) is 25.8 Å². The first-order chi connectivity index (χ1) is 12.7. The number of carbonyl (C=O) groups is 1. The third-order valence-electron chi connectivity index (χ3n) is 3.69. The Morgan fingerprint density at radius 3 is 2.73 bits per heavy atom. The lowest BCUT2D eigenvalue weighted by Gasteiger charge is -2.11. The molecule has 2 aromatic rings. The molecule has 0 saturated heterocycles. The Labute approximate surface area is 159 Å². The maximum Gasteiger partial charge on any atom is 0.272 e. The summed E-state index contributed by atoms with van der Waals surface area (Å²) >= 11 is 5.99. The van der Waals surface area contributed by atoms with Crippen LogP contribution in [-0.2, 0) is 0 Å². The van der Waals surface area contributed by atoms with E-state index in [-0.39, 0.29) is 5.91 Å². The van der Waals surface area contributed by atoms with Crippen molar-refractivity contribution >= 4 is 23.7 Å². The number of rotatable bonds is 9. The van der Waals surface area contributed by atoms with E-state index < -0.39 is 0 Å². The Hall–Kier alpha value is -2.53. The molecule has 0 unspecified atom stereocenters. The number of unbranched alkanes of at least 4 members (excludes halogenated alkanes) is 2.